The molecule has 0 radical (unpaired) electrons. The standard InChI is InChI=1S/C11H18N4O/c1-6-4-12-5-9(6)11(16)13-10-7(2)8(3)14-15-10/h6,9,12H,4-5H2,1-3H3,(H2,13,14,15,16). The Kier molecular flexibility index (Phi) is 2.96. The molecular formula is C11H18N4O. The van der Waals surface area contributed by atoms with Gasteiger partial charge in [0.25, 0.3) is 0 Å². The van der Waals surface area contributed by atoms with Crippen molar-refractivity contribution in [3.8, 4) is 0 Å². The van der Waals surface area contributed by atoms with Crippen LogP contribution in [0.4, 0.5) is 5.82 Å². The first-order valence-corrected chi connectivity index (χ1v) is 5.62. The number of hydrogen-bond donors (Lipinski definition) is 3. The van der Waals surface area contributed by atoms with Crippen LogP contribution in [0.2, 0.25) is 0 Å². The third-order valence-corrected chi connectivity index (χ3v) is 3.35. The molecule has 5 heteroatoms. The van der Waals surface area contributed by atoms with Gasteiger partial charge in [-0.05, 0) is 26.3 Å². The number of aromatic nitrogens is 2. The predicted octanol–water partition coefficient (Wildman–Crippen LogP) is 0.821. The minimum atomic E-state index is 0.0522. The lowest BCUT2D eigenvalue weighted by atomic mass is 9.97. The van der Waals surface area contributed by atoms with Gasteiger partial charge in [-0.25, -0.2) is 0 Å². The molecule has 88 valence electrons. The molecule has 1 amide bonds. The second-order valence-corrected chi connectivity index (χ2v) is 4.55. The number of aromatic amines is 1. The van der Waals surface area contributed by atoms with Crippen LogP contribution >= 0.6 is 0 Å². The maximum atomic E-state index is 12.0. The fourth-order valence-electron chi connectivity index (χ4n) is 1.98. The molecule has 1 aromatic rings. The zero-order valence-electron chi connectivity index (χ0n) is 9.92. The number of nitrogens with one attached hydrogen (secondary N) is 3. The molecule has 2 rings (SSSR count). The molecule has 2 unspecified atom stereocenters. The molecular weight excluding hydrogens is 204 g/mol. The number of rotatable bonds is 2. The number of amides is 1. The Morgan fingerprint density at radius 2 is 2.19 bits per heavy atom. The van der Waals surface area contributed by atoms with E-state index in [0.29, 0.717) is 11.7 Å². The lowest BCUT2D eigenvalue weighted by Crippen LogP contribution is -2.28. The highest BCUT2D eigenvalue weighted by Gasteiger charge is 2.30. The van der Waals surface area contributed by atoms with Crippen LogP contribution in [-0.4, -0.2) is 29.2 Å². The largest absolute Gasteiger partial charge is 0.316 e. The van der Waals surface area contributed by atoms with Crippen LogP contribution in [-0.2, 0) is 4.79 Å². The van der Waals surface area contributed by atoms with Crippen molar-refractivity contribution < 1.29 is 4.79 Å². The molecule has 5 nitrogen and oxygen atoms in total. The first-order valence-electron chi connectivity index (χ1n) is 5.62. The van der Waals surface area contributed by atoms with Gasteiger partial charge < -0.3 is 10.6 Å². The highest BCUT2D eigenvalue weighted by atomic mass is 16.2. The summed E-state index contributed by atoms with van der Waals surface area (Å²) >= 11 is 0. The number of nitrogens with zero attached hydrogens (tertiary/aromatic N) is 1. The fraction of sp³-hybridized carbons (Fsp3) is 0.636. The zero-order chi connectivity index (χ0) is 11.7. The molecule has 1 aliphatic heterocycles. The van der Waals surface area contributed by atoms with Crippen molar-refractivity contribution in [1.82, 2.24) is 15.5 Å². The average molecular weight is 222 g/mol. The van der Waals surface area contributed by atoms with Crippen molar-refractivity contribution in [2.45, 2.75) is 20.8 Å². The van der Waals surface area contributed by atoms with Crippen LogP contribution in [0, 0.1) is 25.7 Å². The monoisotopic (exact) mass is 222 g/mol. The number of H-pyrrole nitrogens is 1. The van der Waals surface area contributed by atoms with Gasteiger partial charge in [0.1, 0.15) is 0 Å². The third kappa shape index (κ3) is 1.95. The number of anilines is 1. The first-order chi connectivity index (χ1) is 7.59. The van der Waals surface area contributed by atoms with Crippen molar-refractivity contribution in [2.75, 3.05) is 18.4 Å². The van der Waals surface area contributed by atoms with E-state index >= 15 is 0 Å². The normalized spacial score (nSPS) is 24.7. The summed E-state index contributed by atoms with van der Waals surface area (Å²) < 4.78 is 0. The van der Waals surface area contributed by atoms with Gasteiger partial charge in [-0.15, -0.1) is 0 Å². The Morgan fingerprint density at radius 3 is 2.69 bits per heavy atom. The molecule has 3 N–H and O–H groups in total. The van der Waals surface area contributed by atoms with Crippen molar-refractivity contribution in [3.05, 3.63) is 11.3 Å². The molecule has 0 spiro atoms. The summed E-state index contributed by atoms with van der Waals surface area (Å²) in [6.45, 7) is 7.65. The van der Waals surface area contributed by atoms with Crippen LogP contribution < -0.4 is 10.6 Å². The second-order valence-electron chi connectivity index (χ2n) is 4.55. The number of aryl methyl sites for hydroxylation is 1. The molecule has 0 saturated carbocycles. The van der Waals surface area contributed by atoms with Gasteiger partial charge >= 0.3 is 0 Å². The van der Waals surface area contributed by atoms with E-state index < -0.39 is 0 Å². The topological polar surface area (TPSA) is 69.8 Å². The van der Waals surface area contributed by atoms with Crippen molar-refractivity contribution >= 4 is 11.7 Å². The van der Waals surface area contributed by atoms with Crippen LogP contribution in [0.5, 0.6) is 0 Å². The molecule has 0 bridgehead atoms. The molecule has 1 fully saturated rings. The Balaban J connectivity index is 2.05. The Bertz CT molecular complexity index is 399. The second kappa shape index (κ2) is 4.25. The number of carbonyl (C=O) groups is 1. The summed E-state index contributed by atoms with van der Waals surface area (Å²) in [6.07, 6.45) is 0. The molecule has 1 saturated heterocycles. The summed E-state index contributed by atoms with van der Waals surface area (Å²) in [5, 5.41) is 13.0. The number of carbonyl (C=O) groups excluding carboxylic acids is 1. The molecule has 0 aromatic carbocycles. The van der Waals surface area contributed by atoms with Gasteiger partial charge in [-0.2, -0.15) is 5.10 Å². The van der Waals surface area contributed by atoms with Crippen LogP contribution in [0.15, 0.2) is 0 Å². The van der Waals surface area contributed by atoms with E-state index in [1.165, 1.54) is 0 Å². The Morgan fingerprint density at radius 1 is 1.44 bits per heavy atom. The third-order valence-electron chi connectivity index (χ3n) is 3.35. The average Bonchev–Trinajstić information content (AvgIpc) is 2.79. The predicted molar refractivity (Wildman–Crippen MR) is 62.2 cm³/mol. The summed E-state index contributed by atoms with van der Waals surface area (Å²) in [5.74, 6) is 1.16. The molecule has 2 heterocycles. The minimum Gasteiger partial charge on any atom is -0.316 e. The molecule has 16 heavy (non-hydrogen) atoms. The molecule has 1 aliphatic rings. The summed E-state index contributed by atoms with van der Waals surface area (Å²) in [6, 6.07) is 0. The van der Waals surface area contributed by atoms with Crippen LogP contribution in [0.3, 0.4) is 0 Å². The van der Waals surface area contributed by atoms with E-state index in [2.05, 4.69) is 27.8 Å². The van der Waals surface area contributed by atoms with E-state index in [1.807, 2.05) is 13.8 Å². The summed E-state index contributed by atoms with van der Waals surface area (Å²) in [7, 11) is 0. The molecule has 0 aliphatic carbocycles. The van der Waals surface area contributed by atoms with Gasteiger partial charge in [-0.3, -0.25) is 9.89 Å². The smallest absolute Gasteiger partial charge is 0.230 e. The van der Waals surface area contributed by atoms with Crippen molar-refractivity contribution in [2.24, 2.45) is 11.8 Å². The van der Waals surface area contributed by atoms with Gasteiger partial charge in [0, 0.05) is 17.8 Å². The highest BCUT2D eigenvalue weighted by molar-refractivity contribution is 5.92. The summed E-state index contributed by atoms with van der Waals surface area (Å²) in [4.78, 5) is 12.0. The lowest BCUT2D eigenvalue weighted by Gasteiger charge is -2.13. The number of hydrogen-bond acceptors (Lipinski definition) is 3. The molecule has 2 atom stereocenters. The Labute approximate surface area is 95.0 Å². The SMILES string of the molecule is Cc1[nH]nc(NC(=O)C2CNCC2C)c1C. The van der Waals surface area contributed by atoms with E-state index in [-0.39, 0.29) is 11.8 Å². The maximum Gasteiger partial charge on any atom is 0.230 e. The van der Waals surface area contributed by atoms with Crippen LogP contribution in [0.25, 0.3) is 0 Å². The Hall–Kier alpha value is -1.36. The van der Waals surface area contributed by atoms with Gasteiger partial charge in [-0.1, -0.05) is 6.92 Å². The molecule has 1 aromatic heterocycles. The van der Waals surface area contributed by atoms with E-state index in [1.54, 1.807) is 0 Å². The zero-order valence-corrected chi connectivity index (χ0v) is 9.92. The van der Waals surface area contributed by atoms with Crippen molar-refractivity contribution in [1.29, 1.82) is 0 Å². The van der Waals surface area contributed by atoms with Gasteiger partial charge in [0.15, 0.2) is 5.82 Å². The lowest BCUT2D eigenvalue weighted by molar-refractivity contribution is -0.120. The quantitative estimate of drug-likeness (QED) is 0.694. The maximum absolute atomic E-state index is 12.0. The van der Waals surface area contributed by atoms with Gasteiger partial charge in [0.05, 0.1) is 5.92 Å². The van der Waals surface area contributed by atoms with Gasteiger partial charge in [0.2, 0.25) is 5.91 Å². The highest BCUT2D eigenvalue weighted by Crippen LogP contribution is 2.20. The van der Waals surface area contributed by atoms with E-state index in [4.69, 9.17) is 0 Å². The van der Waals surface area contributed by atoms with E-state index in [0.717, 1.165) is 24.3 Å². The van der Waals surface area contributed by atoms with Crippen molar-refractivity contribution in [3.63, 3.8) is 0 Å². The van der Waals surface area contributed by atoms with Crippen LogP contribution in [0.1, 0.15) is 18.2 Å². The van der Waals surface area contributed by atoms with E-state index in [9.17, 15) is 4.79 Å². The fourth-order valence-corrected chi connectivity index (χ4v) is 1.98. The first kappa shape index (κ1) is 11.1. The summed E-state index contributed by atoms with van der Waals surface area (Å²) in [5.41, 5.74) is 2.00. The minimum absolute atomic E-state index is 0.0522.